The van der Waals surface area contributed by atoms with Crippen molar-refractivity contribution in [3.8, 4) is 17.2 Å². The van der Waals surface area contributed by atoms with E-state index >= 15 is 0 Å². The Labute approximate surface area is 161 Å². The van der Waals surface area contributed by atoms with Gasteiger partial charge in [-0.3, -0.25) is 4.79 Å². The van der Waals surface area contributed by atoms with E-state index in [9.17, 15) is 4.79 Å². The smallest absolute Gasteiger partial charge is 0.248 e. The molecule has 5 heteroatoms. The molecule has 0 radical (unpaired) electrons. The Morgan fingerprint density at radius 3 is 2.56 bits per heavy atom. The number of rotatable bonds is 9. The highest BCUT2D eigenvalue weighted by Crippen LogP contribution is 2.29. The number of methoxy groups -OCH3 is 1. The fourth-order valence-corrected chi connectivity index (χ4v) is 2.36. The Balaban J connectivity index is 2.05. The third-order valence-corrected chi connectivity index (χ3v) is 3.63. The van der Waals surface area contributed by atoms with Crippen molar-refractivity contribution in [2.75, 3.05) is 25.6 Å². The second-order valence-corrected chi connectivity index (χ2v) is 6.37. The van der Waals surface area contributed by atoms with Crippen LogP contribution < -0.4 is 19.5 Å². The number of para-hydroxylation sites is 2. The zero-order chi connectivity index (χ0) is 19.6. The van der Waals surface area contributed by atoms with E-state index in [-0.39, 0.29) is 5.91 Å². The minimum atomic E-state index is -0.235. The summed E-state index contributed by atoms with van der Waals surface area (Å²) in [5.41, 5.74) is 1.49. The van der Waals surface area contributed by atoms with Crippen molar-refractivity contribution in [2.45, 2.75) is 20.8 Å². The standard InChI is InChI=1S/C22H27NO4/c1-5-26-19-9-7-6-8-18(19)23-22(24)13-11-17-10-12-20(21(14-17)25-4)27-15-16(2)3/h6-14,16H,5,15H2,1-4H3,(H,23,24)/b13-11+. The fourth-order valence-electron chi connectivity index (χ4n) is 2.36. The van der Waals surface area contributed by atoms with Crippen LogP contribution in [0.3, 0.4) is 0 Å². The number of ether oxygens (including phenoxy) is 3. The van der Waals surface area contributed by atoms with Crippen LogP contribution in [0.4, 0.5) is 5.69 Å². The highest BCUT2D eigenvalue weighted by Gasteiger charge is 2.07. The van der Waals surface area contributed by atoms with Gasteiger partial charge in [-0.05, 0) is 48.7 Å². The van der Waals surface area contributed by atoms with Gasteiger partial charge in [0.05, 0.1) is 26.0 Å². The van der Waals surface area contributed by atoms with E-state index in [1.165, 1.54) is 6.08 Å². The Bertz CT molecular complexity index is 784. The highest BCUT2D eigenvalue weighted by atomic mass is 16.5. The number of hydrogen-bond donors (Lipinski definition) is 1. The lowest BCUT2D eigenvalue weighted by Crippen LogP contribution is -2.09. The first-order chi connectivity index (χ1) is 13.0. The molecule has 0 unspecified atom stereocenters. The van der Waals surface area contributed by atoms with Gasteiger partial charge >= 0.3 is 0 Å². The van der Waals surface area contributed by atoms with Crippen LogP contribution in [0.1, 0.15) is 26.3 Å². The van der Waals surface area contributed by atoms with Gasteiger partial charge < -0.3 is 19.5 Å². The van der Waals surface area contributed by atoms with Crippen molar-refractivity contribution < 1.29 is 19.0 Å². The number of amides is 1. The predicted octanol–water partition coefficient (Wildman–Crippen LogP) is 4.78. The lowest BCUT2D eigenvalue weighted by Gasteiger charge is -2.13. The zero-order valence-corrected chi connectivity index (χ0v) is 16.3. The monoisotopic (exact) mass is 369 g/mol. The minimum absolute atomic E-state index is 0.235. The second kappa shape index (κ2) is 10.3. The first kappa shape index (κ1) is 20.4. The molecule has 1 N–H and O–H groups in total. The molecule has 0 saturated carbocycles. The van der Waals surface area contributed by atoms with Crippen LogP contribution in [-0.4, -0.2) is 26.2 Å². The summed E-state index contributed by atoms with van der Waals surface area (Å²) in [6, 6.07) is 12.9. The van der Waals surface area contributed by atoms with Crippen molar-refractivity contribution in [2.24, 2.45) is 5.92 Å². The largest absolute Gasteiger partial charge is 0.493 e. The van der Waals surface area contributed by atoms with Crippen LogP contribution in [0.5, 0.6) is 17.2 Å². The van der Waals surface area contributed by atoms with Gasteiger partial charge in [-0.1, -0.05) is 32.0 Å². The zero-order valence-electron chi connectivity index (χ0n) is 16.3. The van der Waals surface area contributed by atoms with Gasteiger partial charge in [0, 0.05) is 6.08 Å². The normalized spacial score (nSPS) is 10.9. The summed E-state index contributed by atoms with van der Waals surface area (Å²) in [6.07, 6.45) is 3.21. The lowest BCUT2D eigenvalue weighted by molar-refractivity contribution is -0.111. The summed E-state index contributed by atoms with van der Waals surface area (Å²) >= 11 is 0. The maximum atomic E-state index is 12.2. The molecule has 0 aliphatic heterocycles. The summed E-state index contributed by atoms with van der Waals surface area (Å²) in [5.74, 6) is 2.17. The molecule has 0 fully saturated rings. The molecule has 1 amide bonds. The van der Waals surface area contributed by atoms with Gasteiger partial charge in [0.15, 0.2) is 11.5 Å². The molecule has 0 bridgehead atoms. The molecule has 5 nitrogen and oxygen atoms in total. The molecular weight excluding hydrogens is 342 g/mol. The molecule has 0 heterocycles. The number of anilines is 1. The maximum Gasteiger partial charge on any atom is 0.248 e. The summed E-state index contributed by atoms with van der Waals surface area (Å²) in [6.45, 7) is 7.24. The molecule has 2 aromatic rings. The average molecular weight is 369 g/mol. The van der Waals surface area contributed by atoms with Gasteiger partial charge in [0.25, 0.3) is 0 Å². The summed E-state index contributed by atoms with van der Waals surface area (Å²) in [7, 11) is 1.60. The van der Waals surface area contributed by atoms with Gasteiger partial charge in [0.2, 0.25) is 5.91 Å². The topological polar surface area (TPSA) is 56.8 Å². The summed E-state index contributed by atoms with van der Waals surface area (Å²) in [5, 5.41) is 2.83. The minimum Gasteiger partial charge on any atom is -0.493 e. The van der Waals surface area contributed by atoms with Crippen LogP contribution in [0.2, 0.25) is 0 Å². The molecule has 2 aromatic carbocycles. The molecule has 0 aliphatic carbocycles. The Kier molecular flexibility index (Phi) is 7.74. The van der Waals surface area contributed by atoms with Crippen LogP contribution in [0.25, 0.3) is 6.08 Å². The number of hydrogen-bond acceptors (Lipinski definition) is 4. The molecule has 27 heavy (non-hydrogen) atoms. The molecule has 0 saturated heterocycles. The van der Waals surface area contributed by atoms with E-state index in [2.05, 4.69) is 19.2 Å². The Morgan fingerprint density at radius 2 is 1.85 bits per heavy atom. The second-order valence-electron chi connectivity index (χ2n) is 6.37. The van der Waals surface area contributed by atoms with E-state index in [0.717, 1.165) is 5.56 Å². The summed E-state index contributed by atoms with van der Waals surface area (Å²) < 4.78 is 16.6. The van der Waals surface area contributed by atoms with Crippen molar-refractivity contribution in [1.82, 2.24) is 0 Å². The first-order valence-electron chi connectivity index (χ1n) is 9.05. The van der Waals surface area contributed by atoms with Crippen molar-refractivity contribution in [1.29, 1.82) is 0 Å². The van der Waals surface area contributed by atoms with E-state index in [4.69, 9.17) is 14.2 Å². The first-order valence-corrected chi connectivity index (χ1v) is 9.05. The quantitative estimate of drug-likeness (QED) is 0.646. The predicted molar refractivity (Wildman–Crippen MR) is 109 cm³/mol. The van der Waals surface area contributed by atoms with Crippen LogP contribution in [0.15, 0.2) is 48.5 Å². The van der Waals surface area contributed by atoms with Crippen molar-refractivity contribution >= 4 is 17.7 Å². The molecular formula is C22H27NO4. The van der Waals surface area contributed by atoms with Crippen molar-refractivity contribution in [3.63, 3.8) is 0 Å². The maximum absolute atomic E-state index is 12.2. The molecule has 2 rings (SSSR count). The molecule has 0 aliphatic rings. The number of benzene rings is 2. The molecule has 0 spiro atoms. The van der Waals surface area contributed by atoms with E-state index in [1.54, 1.807) is 19.3 Å². The summed E-state index contributed by atoms with van der Waals surface area (Å²) in [4.78, 5) is 12.2. The van der Waals surface area contributed by atoms with Gasteiger partial charge in [-0.15, -0.1) is 0 Å². The number of carbonyl (C=O) groups excluding carboxylic acids is 1. The fraction of sp³-hybridized carbons (Fsp3) is 0.318. The lowest BCUT2D eigenvalue weighted by atomic mass is 10.2. The van der Waals surface area contributed by atoms with Crippen LogP contribution in [-0.2, 0) is 4.79 Å². The molecule has 0 aromatic heterocycles. The van der Waals surface area contributed by atoms with E-state index in [1.807, 2.05) is 43.3 Å². The third-order valence-electron chi connectivity index (χ3n) is 3.63. The average Bonchev–Trinajstić information content (AvgIpc) is 2.66. The van der Waals surface area contributed by atoms with Crippen LogP contribution >= 0.6 is 0 Å². The number of carbonyl (C=O) groups is 1. The molecule has 144 valence electrons. The highest BCUT2D eigenvalue weighted by molar-refractivity contribution is 6.02. The Morgan fingerprint density at radius 1 is 1.07 bits per heavy atom. The molecule has 0 atom stereocenters. The van der Waals surface area contributed by atoms with Gasteiger partial charge in [-0.2, -0.15) is 0 Å². The van der Waals surface area contributed by atoms with E-state index in [0.29, 0.717) is 42.1 Å². The third kappa shape index (κ3) is 6.37. The van der Waals surface area contributed by atoms with Crippen molar-refractivity contribution in [3.05, 3.63) is 54.1 Å². The van der Waals surface area contributed by atoms with Gasteiger partial charge in [-0.25, -0.2) is 0 Å². The Hall–Kier alpha value is -2.95. The number of nitrogens with one attached hydrogen (secondary N) is 1. The van der Waals surface area contributed by atoms with E-state index < -0.39 is 0 Å². The van der Waals surface area contributed by atoms with Crippen LogP contribution in [0, 0.1) is 5.92 Å². The SMILES string of the molecule is CCOc1ccccc1NC(=O)/C=C/c1ccc(OCC(C)C)c(OC)c1. The van der Waals surface area contributed by atoms with Gasteiger partial charge in [0.1, 0.15) is 5.75 Å².